The molecule has 0 aliphatic heterocycles. The first-order valence-electron chi connectivity index (χ1n) is 4.32. The van der Waals surface area contributed by atoms with Crippen LogP contribution in [0.4, 0.5) is 5.82 Å². The Bertz CT molecular complexity index is 585. The standard InChI is InChI=1S/C10H6BrClN4/c11-7-1-2-8(12)9(3-7)16-10(14)6(4-13)5-15-16/h1-3,5H,14H2. The van der Waals surface area contributed by atoms with Crippen molar-refractivity contribution in [2.24, 2.45) is 0 Å². The fraction of sp³-hybridized carbons (Fsp3) is 0. The highest BCUT2D eigenvalue weighted by Gasteiger charge is 2.11. The number of hydrogen-bond donors (Lipinski definition) is 1. The molecule has 4 nitrogen and oxygen atoms in total. The van der Waals surface area contributed by atoms with Gasteiger partial charge in [0.15, 0.2) is 0 Å². The number of hydrogen-bond acceptors (Lipinski definition) is 3. The van der Waals surface area contributed by atoms with E-state index in [1.807, 2.05) is 12.1 Å². The smallest absolute Gasteiger partial charge is 0.145 e. The summed E-state index contributed by atoms with van der Waals surface area (Å²) in [5, 5.41) is 13.3. The van der Waals surface area contributed by atoms with Crippen LogP contribution in [-0.4, -0.2) is 9.78 Å². The number of nitriles is 1. The Morgan fingerprint density at radius 1 is 1.50 bits per heavy atom. The summed E-state index contributed by atoms with van der Waals surface area (Å²) in [4.78, 5) is 0. The maximum atomic E-state index is 8.78. The maximum absolute atomic E-state index is 8.78. The Morgan fingerprint density at radius 3 is 2.88 bits per heavy atom. The van der Waals surface area contributed by atoms with Crippen molar-refractivity contribution in [2.45, 2.75) is 0 Å². The van der Waals surface area contributed by atoms with Crippen molar-refractivity contribution in [1.82, 2.24) is 9.78 Å². The molecule has 0 aliphatic carbocycles. The fourth-order valence-electron chi connectivity index (χ4n) is 1.28. The SMILES string of the molecule is N#Cc1cnn(-c2cc(Br)ccc2Cl)c1N. The fourth-order valence-corrected chi connectivity index (χ4v) is 1.83. The summed E-state index contributed by atoms with van der Waals surface area (Å²) in [6.45, 7) is 0. The number of anilines is 1. The normalized spacial score (nSPS) is 10.1. The summed E-state index contributed by atoms with van der Waals surface area (Å²) in [5.74, 6) is 0.280. The molecule has 0 saturated heterocycles. The molecule has 0 unspecified atom stereocenters. The minimum atomic E-state index is 0.280. The van der Waals surface area contributed by atoms with Gasteiger partial charge in [-0.1, -0.05) is 27.5 Å². The minimum Gasteiger partial charge on any atom is -0.382 e. The second-order valence-corrected chi connectivity index (χ2v) is 4.39. The summed E-state index contributed by atoms with van der Waals surface area (Å²) in [5.41, 5.74) is 6.73. The minimum absolute atomic E-state index is 0.280. The summed E-state index contributed by atoms with van der Waals surface area (Å²) >= 11 is 9.37. The van der Waals surface area contributed by atoms with Crippen LogP contribution in [0, 0.1) is 11.3 Å². The van der Waals surface area contributed by atoms with Crippen LogP contribution in [0.3, 0.4) is 0 Å². The lowest BCUT2D eigenvalue weighted by Gasteiger charge is -2.06. The summed E-state index contributed by atoms with van der Waals surface area (Å²) < 4.78 is 2.30. The van der Waals surface area contributed by atoms with E-state index in [9.17, 15) is 0 Å². The zero-order valence-corrected chi connectivity index (χ0v) is 10.3. The van der Waals surface area contributed by atoms with E-state index in [0.29, 0.717) is 16.3 Å². The van der Waals surface area contributed by atoms with Gasteiger partial charge < -0.3 is 5.73 Å². The van der Waals surface area contributed by atoms with Crippen molar-refractivity contribution >= 4 is 33.3 Å². The highest BCUT2D eigenvalue weighted by molar-refractivity contribution is 9.10. The van der Waals surface area contributed by atoms with Crippen molar-refractivity contribution in [3.63, 3.8) is 0 Å². The molecule has 0 bridgehead atoms. The van der Waals surface area contributed by atoms with Gasteiger partial charge in [-0.2, -0.15) is 10.4 Å². The number of benzene rings is 1. The van der Waals surface area contributed by atoms with Gasteiger partial charge in [-0.3, -0.25) is 0 Å². The largest absolute Gasteiger partial charge is 0.382 e. The van der Waals surface area contributed by atoms with Crippen LogP contribution in [0.25, 0.3) is 5.69 Å². The van der Waals surface area contributed by atoms with Gasteiger partial charge in [-0.05, 0) is 18.2 Å². The van der Waals surface area contributed by atoms with Crippen LogP contribution < -0.4 is 5.73 Å². The average molecular weight is 298 g/mol. The Hall–Kier alpha value is -1.51. The molecule has 0 aliphatic rings. The molecule has 0 radical (unpaired) electrons. The van der Waals surface area contributed by atoms with E-state index in [0.717, 1.165) is 4.47 Å². The van der Waals surface area contributed by atoms with Crippen molar-refractivity contribution in [1.29, 1.82) is 5.26 Å². The van der Waals surface area contributed by atoms with Gasteiger partial charge >= 0.3 is 0 Å². The molecule has 16 heavy (non-hydrogen) atoms. The van der Waals surface area contributed by atoms with Crippen molar-refractivity contribution < 1.29 is 0 Å². The predicted molar refractivity (Wildman–Crippen MR) is 65.4 cm³/mol. The lowest BCUT2D eigenvalue weighted by molar-refractivity contribution is 0.890. The van der Waals surface area contributed by atoms with E-state index in [4.69, 9.17) is 22.6 Å². The third-order valence-electron chi connectivity index (χ3n) is 2.06. The summed E-state index contributed by atoms with van der Waals surface area (Å²) in [7, 11) is 0. The number of nitrogens with zero attached hydrogens (tertiary/aromatic N) is 3. The van der Waals surface area contributed by atoms with E-state index in [-0.39, 0.29) is 5.82 Å². The van der Waals surface area contributed by atoms with Crippen molar-refractivity contribution in [3.8, 4) is 11.8 Å². The van der Waals surface area contributed by atoms with Gasteiger partial charge in [0, 0.05) is 4.47 Å². The predicted octanol–water partition coefficient (Wildman–Crippen LogP) is 2.74. The molecule has 2 rings (SSSR count). The quantitative estimate of drug-likeness (QED) is 0.880. The number of nitrogens with two attached hydrogens (primary N) is 1. The molecule has 0 saturated carbocycles. The first kappa shape index (κ1) is 11.0. The van der Waals surface area contributed by atoms with Gasteiger partial charge in [0.05, 0.1) is 16.9 Å². The lowest BCUT2D eigenvalue weighted by atomic mass is 10.3. The van der Waals surface area contributed by atoms with Crippen LogP contribution in [0.2, 0.25) is 5.02 Å². The van der Waals surface area contributed by atoms with Gasteiger partial charge in [-0.15, -0.1) is 0 Å². The maximum Gasteiger partial charge on any atom is 0.145 e. The van der Waals surface area contributed by atoms with Crippen LogP contribution in [-0.2, 0) is 0 Å². The van der Waals surface area contributed by atoms with Crippen molar-refractivity contribution in [3.05, 3.63) is 39.5 Å². The number of halogens is 2. The monoisotopic (exact) mass is 296 g/mol. The average Bonchev–Trinajstić information content (AvgIpc) is 2.63. The topological polar surface area (TPSA) is 67.6 Å². The molecule has 2 aromatic rings. The Balaban J connectivity index is 2.64. The highest BCUT2D eigenvalue weighted by Crippen LogP contribution is 2.26. The lowest BCUT2D eigenvalue weighted by Crippen LogP contribution is -2.03. The van der Waals surface area contributed by atoms with E-state index < -0.39 is 0 Å². The Morgan fingerprint density at radius 2 is 2.25 bits per heavy atom. The second-order valence-electron chi connectivity index (χ2n) is 3.06. The second kappa shape index (κ2) is 4.16. The highest BCUT2D eigenvalue weighted by atomic mass is 79.9. The molecule has 80 valence electrons. The van der Waals surface area contributed by atoms with Gasteiger partial charge in [0.25, 0.3) is 0 Å². The van der Waals surface area contributed by atoms with Crippen molar-refractivity contribution in [2.75, 3.05) is 5.73 Å². The van der Waals surface area contributed by atoms with Gasteiger partial charge in [-0.25, -0.2) is 4.68 Å². The molecule has 1 aromatic heterocycles. The molecule has 0 spiro atoms. The Kier molecular flexibility index (Phi) is 2.86. The zero-order chi connectivity index (χ0) is 11.7. The first-order chi connectivity index (χ1) is 7.63. The number of rotatable bonds is 1. The molecule has 0 amide bonds. The number of nitrogen functional groups attached to an aromatic ring is 1. The van der Waals surface area contributed by atoms with Gasteiger partial charge in [0.2, 0.25) is 0 Å². The first-order valence-corrected chi connectivity index (χ1v) is 5.49. The van der Waals surface area contributed by atoms with E-state index in [2.05, 4.69) is 21.0 Å². The molecule has 0 fully saturated rings. The van der Waals surface area contributed by atoms with E-state index in [1.165, 1.54) is 10.9 Å². The van der Waals surface area contributed by atoms with E-state index in [1.54, 1.807) is 12.1 Å². The summed E-state index contributed by atoms with van der Waals surface area (Å²) in [6, 6.07) is 7.29. The van der Waals surface area contributed by atoms with Crippen LogP contribution in [0.1, 0.15) is 5.56 Å². The third kappa shape index (κ3) is 1.77. The molecule has 2 N–H and O–H groups in total. The molecular weight excluding hydrogens is 291 g/mol. The zero-order valence-electron chi connectivity index (χ0n) is 7.98. The number of aromatic nitrogens is 2. The third-order valence-corrected chi connectivity index (χ3v) is 2.88. The van der Waals surface area contributed by atoms with Crippen LogP contribution in [0.15, 0.2) is 28.9 Å². The van der Waals surface area contributed by atoms with Crippen LogP contribution >= 0.6 is 27.5 Å². The molecule has 1 aromatic carbocycles. The van der Waals surface area contributed by atoms with Gasteiger partial charge in [0.1, 0.15) is 17.5 Å². The molecular formula is C10H6BrClN4. The summed E-state index contributed by atoms with van der Waals surface area (Å²) in [6.07, 6.45) is 1.41. The molecule has 1 heterocycles. The Labute approximate surface area is 105 Å². The molecule has 6 heteroatoms. The van der Waals surface area contributed by atoms with E-state index >= 15 is 0 Å². The molecule has 0 atom stereocenters. The van der Waals surface area contributed by atoms with Crippen LogP contribution in [0.5, 0.6) is 0 Å².